The maximum absolute atomic E-state index is 12.4. The van der Waals surface area contributed by atoms with E-state index in [1.54, 1.807) is 0 Å². The average Bonchev–Trinajstić information content (AvgIpc) is 2.23. The number of carboxylic acid groups (broad SMARTS) is 1. The van der Waals surface area contributed by atoms with Gasteiger partial charge in [-0.05, 0) is 31.2 Å². The smallest absolute Gasteiger partial charge is 0.417 e. The highest BCUT2D eigenvalue weighted by atomic mass is 35.5. The summed E-state index contributed by atoms with van der Waals surface area (Å²) in [6.07, 6.45) is -4.45. The fourth-order valence-electron chi connectivity index (χ4n) is 1.46. The van der Waals surface area contributed by atoms with Gasteiger partial charge < -0.3 is 10.4 Å². The molecular weight excluding hydrogens is 271 g/mol. The molecule has 2 N–H and O–H groups in total. The Labute approximate surface area is 107 Å². The fourth-order valence-corrected chi connectivity index (χ4v) is 1.77. The van der Waals surface area contributed by atoms with Crippen molar-refractivity contribution in [2.24, 2.45) is 0 Å². The highest BCUT2D eigenvalue weighted by molar-refractivity contribution is 6.31. The summed E-state index contributed by atoms with van der Waals surface area (Å²) in [7, 11) is 1.46. The van der Waals surface area contributed by atoms with Crippen LogP contribution in [0.3, 0.4) is 0 Å². The van der Waals surface area contributed by atoms with Gasteiger partial charge in [0.05, 0.1) is 10.6 Å². The first-order valence-corrected chi connectivity index (χ1v) is 5.39. The Morgan fingerprint density at radius 1 is 1.50 bits per heavy atom. The number of nitrogens with one attached hydrogen (secondary N) is 1. The molecule has 0 saturated heterocycles. The third kappa shape index (κ3) is 3.61. The molecule has 0 bridgehead atoms. The van der Waals surface area contributed by atoms with E-state index >= 15 is 0 Å². The van der Waals surface area contributed by atoms with Crippen LogP contribution in [0, 0.1) is 0 Å². The summed E-state index contributed by atoms with van der Waals surface area (Å²) in [4.78, 5) is 10.8. The number of halogens is 4. The van der Waals surface area contributed by atoms with E-state index in [0.29, 0.717) is 5.56 Å². The van der Waals surface area contributed by atoms with Gasteiger partial charge in [-0.25, -0.2) is 0 Å². The van der Waals surface area contributed by atoms with Crippen LogP contribution in [0.4, 0.5) is 13.2 Å². The third-order valence-electron chi connectivity index (χ3n) is 2.43. The molecule has 100 valence electrons. The van der Waals surface area contributed by atoms with Gasteiger partial charge in [0.2, 0.25) is 0 Å². The first-order valence-electron chi connectivity index (χ1n) is 5.01. The molecule has 0 heterocycles. The lowest BCUT2D eigenvalue weighted by molar-refractivity contribution is -0.139. The maximum Gasteiger partial charge on any atom is 0.417 e. The second kappa shape index (κ2) is 5.58. The van der Waals surface area contributed by atoms with Gasteiger partial charge in [-0.2, -0.15) is 13.2 Å². The Morgan fingerprint density at radius 3 is 2.50 bits per heavy atom. The number of aliphatic carboxylic acids is 1. The zero-order chi connectivity index (χ0) is 13.9. The maximum atomic E-state index is 12.4. The van der Waals surface area contributed by atoms with E-state index in [-0.39, 0.29) is 6.42 Å². The molecule has 1 rings (SSSR count). The molecular formula is C11H11ClF3NO2. The summed E-state index contributed by atoms with van der Waals surface area (Å²) in [5, 5.41) is 10.9. The van der Waals surface area contributed by atoms with Crippen LogP contribution in [0.15, 0.2) is 18.2 Å². The largest absolute Gasteiger partial charge is 0.480 e. The Balaban J connectivity index is 2.95. The van der Waals surface area contributed by atoms with Crippen molar-refractivity contribution < 1.29 is 23.1 Å². The molecule has 0 spiro atoms. The quantitative estimate of drug-likeness (QED) is 0.892. The molecule has 3 nitrogen and oxygen atoms in total. The molecule has 0 aliphatic carbocycles. The lowest BCUT2D eigenvalue weighted by Gasteiger charge is -2.13. The summed E-state index contributed by atoms with van der Waals surface area (Å²) >= 11 is 5.53. The van der Waals surface area contributed by atoms with Crippen LogP contribution in [0.1, 0.15) is 11.1 Å². The Hall–Kier alpha value is -1.27. The van der Waals surface area contributed by atoms with E-state index in [9.17, 15) is 18.0 Å². The van der Waals surface area contributed by atoms with Crippen LogP contribution in [0.25, 0.3) is 0 Å². The number of carboxylic acids is 1. The molecule has 1 unspecified atom stereocenters. The van der Waals surface area contributed by atoms with Gasteiger partial charge >= 0.3 is 12.1 Å². The Kier molecular flexibility index (Phi) is 4.59. The van der Waals surface area contributed by atoms with Crippen molar-refractivity contribution in [3.8, 4) is 0 Å². The molecule has 1 atom stereocenters. The first-order chi connectivity index (χ1) is 8.25. The number of carbonyl (C=O) groups is 1. The monoisotopic (exact) mass is 281 g/mol. The van der Waals surface area contributed by atoms with Crippen molar-refractivity contribution in [3.63, 3.8) is 0 Å². The van der Waals surface area contributed by atoms with Crippen LogP contribution in [0.2, 0.25) is 5.02 Å². The van der Waals surface area contributed by atoms with Crippen LogP contribution in [-0.2, 0) is 17.4 Å². The molecule has 1 aromatic carbocycles. The normalized spacial score (nSPS) is 13.4. The van der Waals surface area contributed by atoms with Gasteiger partial charge in [0.1, 0.15) is 6.04 Å². The summed E-state index contributed by atoms with van der Waals surface area (Å²) in [5.74, 6) is -1.08. The second-order valence-electron chi connectivity index (χ2n) is 3.70. The van der Waals surface area contributed by atoms with Crippen LogP contribution < -0.4 is 5.32 Å². The molecule has 0 radical (unpaired) electrons. The van der Waals surface area contributed by atoms with E-state index in [1.807, 2.05) is 0 Å². The lowest BCUT2D eigenvalue weighted by atomic mass is 10.0. The minimum Gasteiger partial charge on any atom is -0.480 e. The lowest BCUT2D eigenvalue weighted by Crippen LogP contribution is -2.35. The number of benzene rings is 1. The van der Waals surface area contributed by atoms with Gasteiger partial charge in [0, 0.05) is 0 Å². The number of hydrogen-bond donors (Lipinski definition) is 2. The topological polar surface area (TPSA) is 49.3 Å². The van der Waals surface area contributed by atoms with Crippen LogP contribution >= 0.6 is 11.6 Å². The SMILES string of the molecule is CNC(Cc1ccc(C(F)(F)F)c(Cl)c1)C(=O)O. The van der Waals surface area contributed by atoms with Gasteiger partial charge in [-0.1, -0.05) is 17.7 Å². The highest BCUT2D eigenvalue weighted by Crippen LogP contribution is 2.35. The third-order valence-corrected chi connectivity index (χ3v) is 2.74. The van der Waals surface area contributed by atoms with Crippen molar-refractivity contribution in [3.05, 3.63) is 34.3 Å². The van der Waals surface area contributed by atoms with Crippen LogP contribution in [-0.4, -0.2) is 24.2 Å². The average molecular weight is 282 g/mol. The molecule has 0 aromatic heterocycles. The zero-order valence-corrected chi connectivity index (χ0v) is 10.1. The molecule has 7 heteroatoms. The molecule has 0 saturated carbocycles. The Bertz CT molecular complexity index is 448. The van der Waals surface area contributed by atoms with E-state index in [0.717, 1.165) is 12.1 Å². The predicted molar refractivity (Wildman–Crippen MR) is 60.6 cm³/mol. The summed E-state index contributed by atoms with van der Waals surface area (Å²) in [6.45, 7) is 0. The van der Waals surface area contributed by atoms with Crippen LogP contribution in [0.5, 0.6) is 0 Å². The number of rotatable bonds is 4. The Morgan fingerprint density at radius 2 is 2.11 bits per heavy atom. The van der Waals surface area contributed by atoms with E-state index < -0.39 is 28.8 Å². The minimum atomic E-state index is -4.51. The molecule has 1 aromatic rings. The van der Waals surface area contributed by atoms with E-state index in [2.05, 4.69) is 5.32 Å². The van der Waals surface area contributed by atoms with Crippen molar-refractivity contribution >= 4 is 17.6 Å². The van der Waals surface area contributed by atoms with Crippen molar-refractivity contribution in [1.29, 1.82) is 0 Å². The number of hydrogen-bond acceptors (Lipinski definition) is 2. The molecule has 0 aliphatic heterocycles. The molecule has 18 heavy (non-hydrogen) atoms. The molecule has 0 fully saturated rings. The first kappa shape index (κ1) is 14.8. The summed E-state index contributed by atoms with van der Waals surface area (Å²) in [5.41, 5.74) is -0.501. The predicted octanol–water partition coefficient (Wildman–Crippen LogP) is 2.57. The second-order valence-corrected chi connectivity index (χ2v) is 4.10. The summed E-state index contributed by atoms with van der Waals surface area (Å²) < 4.78 is 37.3. The van der Waals surface area contributed by atoms with E-state index in [1.165, 1.54) is 13.1 Å². The van der Waals surface area contributed by atoms with Crippen molar-refractivity contribution in [2.45, 2.75) is 18.6 Å². The zero-order valence-electron chi connectivity index (χ0n) is 9.38. The molecule has 0 aliphatic rings. The van der Waals surface area contributed by atoms with Gasteiger partial charge in [0.25, 0.3) is 0 Å². The highest BCUT2D eigenvalue weighted by Gasteiger charge is 2.33. The van der Waals surface area contributed by atoms with Gasteiger partial charge in [-0.3, -0.25) is 4.79 Å². The van der Waals surface area contributed by atoms with E-state index in [4.69, 9.17) is 16.7 Å². The fraction of sp³-hybridized carbons (Fsp3) is 0.364. The number of alkyl halides is 3. The minimum absolute atomic E-state index is 0.0592. The summed E-state index contributed by atoms with van der Waals surface area (Å²) in [6, 6.07) is 2.35. The van der Waals surface area contributed by atoms with Crippen molar-refractivity contribution in [1.82, 2.24) is 5.32 Å². The van der Waals surface area contributed by atoms with Gasteiger partial charge in [-0.15, -0.1) is 0 Å². The van der Waals surface area contributed by atoms with Gasteiger partial charge in [0.15, 0.2) is 0 Å². The number of likely N-dealkylation sites (N-methyl/N-ethyl adjacent to an activating group) is 1. The van der Waals surface area contributed by atoms with Crippen molar-refractivity contribution in [2.75, 3.05) is 7.05 Å². The molecule has 0 amide bonds. The standard InChI is InChI=1S/C11H11ClF3NO2/c1-16-9(10(17)18)5-6-2-3-7(8(12)4-6)11(13,14)15/h2-4,9,16H,5H2,1H3,(H,17,18).